The van der Waals surface area contributed by atoms with Crippen molar-refractivity contribution >= 4 is 22.6 Å². The van der Waals surface area contributed by atoms with E-state index < -0.39 is 5.92 Å². The smallest absolute Gasteiger partial charge is 0.270 e. The average molecular weight is 437 g/mol. The highest BCUT2D eigenvalue weighted by Crippen LogP contribution is 2.33. The second-order valence-corrected chi connectivity index (χ2v) is 8.88. The number of halogens is 2. The lowest BCUT2D eigenvalue weighted by molar-refractivity contribution is 0.0165. The minimum atomic E-state index is -2.91. The van der Waals surface area contributed by atoms with E-state index in [0.717, 1.165) is 60.2 Å². The molecule has 1 aliphatic rings. The van der Waals surface area contributed by atoms with Gasteiger partial charge in [-0.25, -0.2) is 13.8 Å². The zero-order valence-electron chi connectivity index (χ0n) is 19.0. The molecule has 6 heteroatoms. The van der Waals surface area contributed by atoms with Crippen molar-refractivity contribution < 1.29 is 8.78 Å². The Labute approximate surface area is 188 Å². The van der Waals surface area contributed by atoms with Crippen LogP contribution in [0.4, 0.5) is 14.7 Å². The second kappa shape index (κ2) is 8.41. The van der Waals surface area contributed by atoms with Crippen LogP contribution in [-0.4, -0.2) is 28.7 Å². The maximum absolute atomic E-state index is 14.3. The van der Waals surface area contributed by atoms with Crippen LogP contribution in [0.25, 0.3) is 16.6 Å². The summed E-state index contributed by atoms with van der Waals surface area (Å²) in [5, 5.41) is 3.41. The number of imidazole rings is 1. The Morgan fingerprint density at radius 2 is 1.94 bits per heavy atom. The molecular formula is C26H30F2N4. The SMILES string of the molecule is C=C(C)NC1CCN(c2nc3cc(C(=C)C)ccc3n2Cc2ccccc2C(C)(F)F)C1. The average Bonchev–Trinajstić information content (AvgIpc) is 3.31. The van der Waals surface area contributed by atoms with E-state index in [9.17, 15) is 8.78 Å². The molecule has 168 valence electrons. The molecule has 2 heterocycles. The van der Waals surface area contributed by atoms with Crippen molar-refractivity contribution in [1.29, 1.82) is 0 Å². The maximum Gasteiger partial charge on any atom is 0.270 e. The van der Waals surface area contributed by atoms with Gasteiger partial charge in [-0.3, -0.25) is 0 Å². The lowest BCUT2D eigenvalue weighted by Gasteiger charge is -2.22. The Kier molecular flexibility index (Phi) is 5.80. The van der Waals surface area contributed by atoms with Crippen LogP contribution < -0.4 is 10.2 Å². The summed E-state index contributed by atoms with van der Waals surface area (Å²) in [6.07, 6.45) is 0.969. The van der Waals surface area contributed by atoms with Gasteiger partial charge in [0.15, 0.2) is 0 Å². The lowest BCUT2D eigenvalue weighted by Crippen LogP contribution is -2.32. The first-order valence-corrected chi connectivity index (χ1v) is 10.9. The zero-order chi connectivity index (χ0) is 23.0. The third-order valence-electron chi connectivity index (χ3n) is 5.96. The van der Waals surface area contributed by atoms with Gasteiger partial charge in [-0.2, -0.15) is 0 Å². The highest BCUT2D eigenvalue weighted by Gasteiger charge is 2.30. The third-order valence-corrected chi connectivity index (χ3v) is 5.96. The van der Waals surface area contributed by atoms with Gasteiger partial charge in [0.25, 0.3) is 5.92 Å². The van der Waals surface area contributed by atoms with Crippen molar-refractivity contribution in [3.8, 4) is 0 Å². The number of nitrogens with one attached hydrogen (secondary N) is 1. The number of alkyl halides is 2. The number of allylic oxidation sites excluding steroid dienone is 2. The van der Waals surface area contributed by atoms with Gasteiger partial charge in [0.05, 0.1) is 17.6 Å². The van der Waals surface area contributed by atoms with Crippen molar-refractivity contribution in [2.75, 3.05) is 18.0 Å². The predicted octanol–water partition coefficient (Wildman–Crippen LogP) is 5.93. The molecule has 0 amide bonds. The van der Waals surface area contributed by atoms with Crippen molar-refractivity contribution in [3.63, 3.8) is 0 Å². The molecule has 0 aliphatic carbocycles. The van der Waals surface area contributed by atoms with Crippen LogP contribution in [0.15, 0.2) is 61.3 Å². The van der Waals surface area contributed by atoms with E-state index >= 15 is 0 Å². The van der Waals surface area contributed by atoms with Crippen LogP contribution in [0.1, 0.15) is 43.9 Å². The number of aromatic nitrogens is 2. The predicted molar refractivity (Wildman–Crippen MR) is 128 cm³/mol. The first-order valence-electron chi connectivity index (χ1n) is 10.9. The summed E-state index contributed by atoms with van der Waals surface area (Å²) >= 11 is 0. The Morgan fingerprint density at radius 1 is 1.19 bits per heavy atom. The summed E-state index contributed by atoms with van der Waals surface area (Å²) in [6.45, 7) is 14.8. The quantitative estimate of drug-likeness (QED) is 0.498. The Bertz CT molecular complexity index is 1170. The summed E-state index contributed by atoms with van der Waals surface area (Å²) < 4.78 is 30.7. The minimum Gasteiger partial charge on any atom is -0.384 e. The van der Waals surface area contributed by atoms with E-state index in [4.69, 9.17) is 4.98 Å². The van der Waals surface area contributed by atoms with E-state index in [-0.39, 0.29) is 5.56 Å². The molecule has 4 rings (SSSR count). The van der Waals surface area contributed by atoms with Crippen molar-refractivity contribution in [3.05, 3.63) is 78.0 Å². The minimum absolute atomic E-state index is 0.0506. The molecule has 1 N–H and O–H groups in total. The number of hydrogen-bond donors (Lipinski definition) is 1. The van der Waals surface area contributed by atoms with Gasteiger partial charge in [0, 0.05) is 37.3 Å². The number of nitrogens with zero attached hydrogens (tertiary/aromatic N) is 3. The molecule has 1 aromatic heterocycles. The number of anilines is 1. The lowest BCUT2D eigenvalue weighted by atomic mass is 10.0. The van der Waals surface area contributed by atoms with Gasteiger partial charge >= 0.3 is 0 Å². The van der Waals surface area contributed by atoms with Crippen molar-refractivity contribution in [2.24, 2.45) is 0 Å². The molecule has 0 saturated carbocycles. The molecular weight excluding hydrogens is 406 g/mol. The van der Waals surface area contributed by atoms with Crippen LogP contribution >= 0.6 is 0 Å². The van der Waals surface area contributed by atoms with Crippen LogP contribution in [0, 0.1) is 0 Å². The molecule has 0 bridgehead atoms. The molecule has 0 spiro atoms. The molecule has 2 aromatic carbocycles. The molecule has 1 fully saturated rings. The summed E-state index contributed by atoms with van der Waals surface area (Å²) in [5.41, 5.74) is 5.35. The molecule has 4 nitrogen and oxygen atoms in total. The fraction of sp³-hybridized carbons (Fsp3) is 0.346. The molecule has 1 unspecified atom stereocenters. The van der Waals surface area contributed by atoms with Gasteiger partial charge < -0.3 is 14.8 Å². The first-order chi connectivity index (χ1) is 15.1. The van der Waals surface area contributed by atoms with E-state index in [1.165, 1.54) is 6.07 Å². The number of hydrogen-bond acceptors (Lipinski definition) is 3. The second-order valence-electron chi connectivity index (χ2n) is 8.88. The van der Waals surface area contributed by atoms with Crippen molar-refractivity contribution in [1.82, 2.24) is 14.9 Å². The topological polar surface area (TPSA) is 33.1 Å². The van der Waals surface area contributed by atoms with Gasteiger partial charge in [-0.15, -0.1) is 0 Å². The highest BCUT2D eigenvalue weighted by molar-refractivity contribution is 5.83. The standard InChI is InChI=1S/C26H30F2N4/c1-17(2)19-10-11-24-23(14-19)30-25(31-13-12-21(16-31)29-18(3)4)32(24)15-20-8-6-7-9-22(20)26(5,27)28/h6-11,14,21,29H,1,3,12-13,15-16H2,2,4-5H3. The molecule has 1 aliphatic heterocycles. The fourth-order valence-corrected chi connectivity index (χ4v) is 4.44. The summed E-state index contributed by atoms with van der Waals surface area (Å²) in [7, 11) is 0. The fourth-order valence-electron chi connectivity index (χ4n) is 4.44. The first kappa shape index (κ1) is 22.1. The summed E-state index contributed by atoms with van der Waals surface area (Å²) in [4.78, 5) is 7.18. The van der Waals surface area contributed by atoms with Crippen LogP contribution in [0.5, 0.6) is 0 Å². The molecule has 32 heavy (non-hydrogen) atoms. The van der Waals surface area contributed by atoms with Gasteiger partial charge in [0.1, 0.15) is 0 Å². The Balaban J connectivity index is 1.79. The van der Waals surface area contributed by atoms with E-state index in [1.807, 2.05) is 38.1 Å². The van der Waals surface area contributed by atoms with Gasteiger partial charge in [-0.1, -0.05) is 49.1 Å². The van der Waals surface area contributed by atoms with E-state index in [1.54, 1.807) is 12.1 Å². The monoisotopic (exact) mass is 436 g/mol. The Morgan fingerprint density at radius 3 is 2.62 bits per heavy atom. The maximum atomic E-state index is 14.3. The van der Waals surface area contributed by atoms with Crippen LogP contribution in [0.2, 0.25) is 0 Å². The number of rotatable bonds is 7. The van der Waals surface area contributed by atoms with Crippen molar-refractivity contribution in [2.45, 2.75) is 45.7 Å². The summed E-state index contributed by atoms with van der Waals surface area (Å²) in [5.74, 6) is -2.11. The van der Waals surface area contributed by atoms with Crippen LogP contribution in [0.3, 0.4) is 0 Å². The molecule has 1 atom stereocenters. The Hall–Kier alpha value is -3.15. The molecule has 0 radical (unpaired) electrons. The normalized spacial score (nSPS) is 16.5. The van der Waals surface area contributed by atoms with E-state index in [0.29, 0.717) is 18.2 Å². The third kappa shape index (κ3) is 4.40. The van der Waals surface area contributed by atoms with Gasteiger partial charge in [0.2, 0.25) is 5.95 Å². The molecule has 1 saturated heterocycles. The molecule has 3 aromatic rings. The number of fused-ring (bicyclic) bond motifs is 1. The van der Waals surface area contributed by atoms with E-state index in [2.05, 4.69) is 27.9 Å². The number of benzene rings is 2. The summed E-state index contributed by atoms with van der Waals surface area (Å²) in [6, 6.07) is 13.1. The van der Waals surface area contributed by atoms with Gasteiger partial charge in [-0.05, 0) is 43.5 Å². The largest absolute Gasteiger partial charge is 0.384 e. The zero-order valence-corrected chi connectivity index (χ0v) is 19.0. The highest BCUT2D eigenvalue weighted by atomic mass is 19.3. The van der Waals surface area contributed by atoms with Crippen LogP contribution in [-0.2, 0) is 12.5 Å².